The third-order valence-electron chi connectivity index (χ3n) is 3.78. The van der Waals surface area contributed by atoms with Gasteiger partial charge in [-0.15, -0.1) is 0 Å². The summed E-state index contributed by atoms with van der Waals surface area (Å²) in [4.78, 5) is 23.7. The number of aromatic nitrogens is 1. The Bertz CT molecular complexity index is 839. The van der Waals surface area contributed by atoms with Crippen LogP contribution in [0.25, 0.3) is 0 Å². The van der Waals surface area contributed by atoms with Gasteiger partial charge in [0, 0.05) is 12.1 Å². The molecule has 1 aliphatic carbocycles. The maximum absolute atomic E-state index is 11.9. The van der Waals surface area contributed by atoms with Gasteiger partial charge in [0.05, 0.1) is 10.0 Å². The third kappa shape index (κ3) is 4.57. The fourth-order valence-electron chi connectivity index (χ4n) is 2.19. The van der Waals surface area contributed by atoms with Gasteiger partial charge in [-0.05, 0) is 36.4 Å². The van der Waals surface area contributed by atoms with E-state index in [0.29, 0.717) is 28.1 Å². The molecule has 0 radical (unpaired) electrons. The second-order valence-corrected chi connectivity index (χ2v) is 7.39. The van der Waals surface area contributed by atoms with Crippen LogP contribution in [-0.4, -0.2) is 22.9 Å². The van der Waals surface area contributed by atoms with Gasteiger partial charge in [0.2, 0.25) is 5.88 Å². The van der Waals surface area contributed by atoms with E-state index >= 15 is 0 Å². The number of urea groups is 1. The predicted molar refractivity (Wildman–Crippen MR) is 101 cm³/mol. The van der Waals surface area contributed by atoms with Crippen LogP contribution in [0.4, 0.5) is 9.80 Å². The number of primary amides is 1. The molecule has 2 aromatic rings. The van der Waals surface area contributed by atoms with Crippen LogP contribution in [0.1, 0.15) is 28.8 Å². The molecule has 0 bridgehead atoms. The number of rotatable bonds is 7. The molecule has 3 rings (SSSR count). The number of amides is 3. The molecule has 1 aromatic heterocycles. The Kier molecular flexibility index (Phi) is 5.85. The first kappa shape index (κ1) is 18.8. The van der Waals surface area contributed by atoms with E-state index in [0.717, 1.165) is 24.4 Å². The lowest BCUT2D eigenvalue weighted by Crippen LogP contribution is -2.30. The van der Waals surface area contributed by atoms with Gasteiger partial charge in [-0.1, -0.05) is 35.3 Å². The Morgan fingerprint density at radius 3 is 2.81 bits per heavy atom. The fraction of sp³-hybridized carbons (Fsp3) is 0.312. The standard InChI is InChI=1S/C16H16Cl2N4O3S/c17-10-3-1-2-9(12(10)18)7-25-14-11(13(19)23)15(26-22-14)21-16(24)20-6-8-4-5-8/h1-3,8H,4-7H2,(H2,19,23)(H2,20,21,24). The zero-order valence-electron chi connectivity index (χ0n) is 13.6. The fourth-order valence-corrected chi connectivity index (χ4v) is 3.30. The minimum absolute atomic E-state index is 0.0229. The molecule has 138 valence electrons. The Morgan fingerprint density at radius 2 is 2.12 bits per heavy atom. The number of benzene rings is 1. The van der Waals surface area contributed by atoms with Crippen molar-refractivity contribution in [2.45, 2.75) is 19.4 Å². The average molecular weight is 415 g/mol. The molecule has 7 nitrogen and oxygen atoms in total. The Hall–Kier alpha value is -2.03. The first-order chi connectivity index (χ1) is 12.5. The smallest absolute Gasteiger partial charge is 0.319 e. The monoisotopic (exact) mass is 414 g/mol. The summed E-state index contributed by atoms with van der Waals surface area (Å²) in [5.41, 5.74) is 6.08. The van der Waals surface area contributed by atoms with Crippen molar-refractivity contribution in [2.75, 3.05) is 11.9 Å². The summed E-state index contributed by atoms with van der Waals surface area (Å²) < 4.78 is 9.64. The first-order valence-corrected chi connectivity index (χ1v) is 9.38. The van der Waals surface area contributed by atoms with E-state index in [1.807, 2.05) is 0 Å². The maximum Gasteiger partial charge on any atom is 0.319 e. The molecule has 26 heavy (non-hydrogen) atoms. The molecule has 1 aliphatic rings. The molecule has 1 saturated carbocycles. The van der Waals surface area contributed by atoms with E-state index in [4.69, 9.17) is 33.7 Å². The second-order valence-electron chi connectivity index (χ2n) is 5.84. The van der Waals surface area contributed by atoms with Gasteiger partial charge >= 0.3 is 6.03 Å². The van der Waals surface area contributed by atoms with Gasteiger partial charge in [-0.3, -0.25) is 10.1 Å². The molecular formula is C16H16Cl2N4O3S. The largest absolute Gasteiger partial charge is 0.472 e. The van der Waals surface area contributed by atoms with E-state index in [1.54, 1.807) is 18.2 Å². The lowest BCUT2D eigenvalue weighted by atomic mass is 10.2. The van der Waals surface area contributed by atoms with Crippen LogP contribution in [0.2, 0.25) is 10.0 Å². The predicted octanol–water partition coefficient (Wildman–Crippen LogP) is 3.66. The van der Waals surface area contributed by atoms with Gasteiger partial charge in [0.25, 0.3) is 5.91 Å². The van der Waals surface area contributed by atoms with Crippen LogP contribution in [0.15, 0.2) is 18.2 Å². The van der Waals surface area contributed by atoms with E-state index in [2.05, 4.69) is 15.0 Å². The number of nitrogens with zero attached hydrogens (tertiary/aromatic N) is 1. The molecule has 3 amide bonds. The molecule has 1 aromatic carbocycles. The second kappa shape index (κ2) is 8.11. The van der Waals surface area contributed by atoms with Gasteiger partial charge in [0.15, 0.2) is 0 Å². The molecule has 0 aliphatic heterocycles. The molecule has 0 atom stereocenters. The number of carbonyl (C=O) groups is 2. The summed E-state index contributed by atoms with van der Waals surface area (Å²) in [7, 11) is 0. The molecule has 4 N–H and O–H groups in total. The van der Waals surface area contributed by atoms with Crippen molar-refractivity contribution in [1.82, 2.24) is 9.69 Å². The molecule has 0 spiro atoms. The summed E-state index contributed by atoms with van der Waals surface area (Å²) in [5, 5.41) is 6.33. The van der Waals surface area contributed by atoms with Crippen LogP contribution < -0.4 is 21.1 Å². The van der Waals surface area contributed by atoms with Crippen molar-refractivity contribution in [1.29, 1.82) is 0 Å². The van der Waals surface area contributed by atoms with Crippen molar-refractivity contribution in [2.24, 2.45) is 11.7 Å². The number of hydrogen-bond donors (Lipinski definition) is 3. The molecule has 10 heteroatoms. The minimum Gasteiger partial charge on any atom is -0.472 e. The number of anilines is 1. The average Bonchev–Trinajstić information content (AvgIpc) is 3.34. The summed E-state index contributed by atoms with van der Waals surface area (Å²) in [6.07, 6.45) is 2.24. The molecular weight excluding hydrogens is 399 g/mol. The number of hydrogen-bond acceptors (Lipinski definition) is 5. The quantitative estimate of drug-likeness (QED) is 0.642. The van der Waals surface area contributed by atoms with Crippen molar-refractivity contribution in [3.05, 3.63) is 39.4 Å². The van der Waals surface area contributed by atoms with Gasteiger partial charge in [0.1, 0.15) is 17.2 Å². The number of halogens is 2. The van der Waals surface area contributed by atoms with Gasteiger partial charge < -0.3 is 15.8 Å². The van der Waals surface area contributed by atoms with E-state index < -0.39 is 11.9 Å². The lowest BCUT2D eigenvalue weighted by Gasteiger charge is -2.08. The summed E-state index contributed by atoms with van der Waals surface area (Å²) >= 11 is 13.0. The highest BCUT2D eigenvalue weighted by molar-refractivity contribution is 7.11. The van der Waals surface area contributed by atoms with Crippen LogP contribution in [-0.2, 0) is 6.61 Å². The normalized spacial score (nSPS) is 13.3. The molecule has 0 saturated heterocycles. The van der Waals surface area contributed by atoms with Crippen LogP contribution in [0.3, 0.4) is 0 Å². The Balaban J connectivity index is 1.69. The van der Waals surface area contributed by atoms with Gasteiger partial charge in [-0.2, -0.15) is 4.37 Å². The Morgan fingerprint density at radius 1 is 1.35 bits per heavy atom. The van der Waals surface area contributed by atoms with Crippen molar-refractivity contribution in [3.8, 4) is 5.88 Å². The lowest BCUT2D eigenvalue weighted by molar-refractivity contribution is 0.0996. The van der Waals surface area contributed by atoms with Crippen LogP contribution in [0, 0.1) is 5.92 Å². The van der Waals surface area contributed by atoms with E-state index in [9.17, 15) is 9.59 Å². The third-order valence-corrected chi connectivity index (χ3v) is 5.38. The van der Waals surface area contributed by atoms with E-state index in [-0.39, 0.29) is 23.1 Å². The minimum atomic E-state index is -0.747. The number of carbonyl (C=O) groups excluding carboxylic acids is 2. The SMILES string of the molecule is NC(=O)c1c(OCc2cccc(Cl)c2Cl)nsc1NC(=O)NCC1CC1. The maximum atomic E-state index is 11.9. The molecule has 1 heterocycles. The highest BCUT2D eigenvalue weighted by Crippen LogP contribution is 2.32. The first-order valence-electron chi connectivity index (χ1n) is 7.85. The van der Waals surface area contributed by atoms with Crippen molar-refractivity contribution in [3.63, 3.8) is 0 Å². The number of nitrogens with two attached hydrogens (primary N) is 1. The highest BCUT2D eigenvalue weighted by Gasteiger charge is 2.24. The van der Waals surface area contributed by atoms with Crippen LogP contribution >= 0.6 is 34.7 Å². The zero-order chi connectivity index (χ0) is 18.7. The molecule has 0 unspecified atom stereocenters. The Labute approximate surface area is 164 Å². The topological polar surface area (TPSA) is 106 Å². The number of ether oxygens (including phenoxy) is 1. The van der Waals surface area contributed by atoms with Crippen molar-refractivity contribution >= 4 is 51.7 Å². The van der Waals surface area contributed by atoms with Crippen LogP contribution in [0.5, 0.6) is 5.88 Å². The number of nitrogens with one attached hydrogen (secondary N) is 2. The summed E-state index contributed by atoms with van der Waals surface area (Å²) in [6, 6.07) is 4.73. The summed E-state index contributed by atoms with van der Waals surface area (Å²) in [6.45, 7) is 0.657. The van der Waals surface area contributed by atoms with Crippen molar-refractivity contribution < 1.29 is 14.3 Å². The van der Waals surface area contributed by atoms with Gasteiger partial charge in [-0.25, -0.2) is 4.79 Å². The summed E-state index contributed by atoms with van der Waals surface area (Å²) in [5.74, 6) is -0.168. The molecule has 1 fully saturated rings. The van der Waals surface area contributed by atoms with E-state index in [1.165, 1.54) is 0 Å². The highest BCUT2D eigenvalue weighted by atomic mass is 35.5. The zero-order valence-corrected chi connectivity index (χ0v) is 15.9.